The molecule has 6 heteroatoms. The lowest BCUT2D eigenvalue weighted by Gasteiger charge is -2.01. The van der Waals surface area contributed by atoms with Crippen LogP contribution in [0.5, 0.6) is 0 Å². The normalized spacial score (nSPS) is 10.6. The number of halogens is 1. The molecule has 0 fully saturated rings. The fourth-order valence-corrected chi connectivity index (χ4v) is 2.54. The average molecular weight is 273 g/mol. The van der Waals surface area contributed by atoms with Crippen LogP contribution in [0.4, 0.5) is 11.4 Å². The van der Waals surface area contributed by atoms with Crippen LogP contribution in [-0.4, -0.2) is 4.92 Å². The van der Waals surface area contributed by atoms with Gasteiger partial charge in [0.2, 0.25) is 0 Å². The van der Waals surface area contributed by atoms with Crippen LogP contribution >= 0.6 is 27.3 Å². The lowest BCUT2D eigenvalue weighted by atomic mass is 10.2. The third-order valence-corrected chi connectivity index (χ3v) is 3.61. The fourth-order valence-electron chi connectivity index (χ4n) is 1.23. The van der Waals surface area contributed by atoms with Gasteiger partial charge in [-0.15, -0.1) is 11.3 Å². The van der Waals surface area contributed by atoms with Crippen molar-refractivity contribution < 1.29 is 4.92 Å². The molecule has 0 saturated carbocycles. The van der Waals surface area contributed by atoms with E-state index in [2.05, 4.69) is 15.9 Å². The van der Waals surface area contributed by atoms with Crippen molar-refractivity contribution in [1.29, 1.82) is 0 Å². The number of nitro groups is 1. The Morgan fingerprint density at radius 1 is 1.57 bits per heavy atom. The number of benzene rings is 1. The molecule has 2 aromatic rings. The predicted molar refractivity (Wildman–Crippen MR) is 60.6 cm³/mol. The maximum atomic E-state index is 10.7. The molecule has 0 aliphatic carbocycles. The molecular formula is C8H5BrN2O2S. The summed E-state index contributed by atoms with van der Waals surface area (Å²) in [6.45, 7) is 0. The molecule has 1 heterocycles. The van der Waals surface area contributed by atoms with Gasteiger partial charge in [0.05, 0.1) is 10.6 Å². The van der Waals surface area contributed by atoms with Crippen molar-refractivity contribution in [2.75, 3.05) is 5.73 Å². The van der Waals surface area contributed by atoms with Crippen LogP contribution in [0.3, 0.4) is 0 Å². The molecule has 4 nitrogen and oxygen atoms in total. The van der Waals surface area contributed by atoms with Gasteiger partial charge in [-0.2, -0.15) is 0 Å². The summed E-state index contributed by atoms with van der Waals surface area (Å²) in [5, 5.41) is 13.4. The van der Waals surface area contributed by atoms with E-state index in [-0.39, 0.29) is 5.69 Å². The Bertz CT molecular complexity index is 523. The van der Waals surface area contributed by atoms with Gasteiger partial charge >= 0.3 is 0 Å². The summed E-state index contributed by atoms with van der Waals surface area (Å²) in [6.07, 6.45) is 0. The number of nitrogens with zero attached hydrogens (tertiary/aromatic N) is 1. The fraction of sp³-hybridized carbons (Fsp3) is 0. The molecule has 0 amide bonds. The van der Waals surface area contributed by atoms with Gasteiger partial charge in [-0.3, -0.25) is 10.1 Å². The van der Waals surface area contributed by atoms with Crippen LogP contribution < -0.4 is 5.73 Å². The molecule has 72 valence electrons. The van der Waals surface area contributed by atoms with E-state index in [4.69, 9.17) is 5.73 Å². The van der Waals surface area contributed by atoms with Crippen molar-refractivity contribution >= 4 is 48.7 Å². The number of nitro benzene ring substituents is 1. The molecule has 2 N–H and O–H groups in total. The summed E-state index contributed by atoms with van der Waals surface area (Å²) in [4.78, 5) is 10.2. The first kappa shape index (κ1) is 9.42. The largest absolute Gasteiger partial charge is 0.397 e. The topological polar surface area (TPSA) is 69.2 Å². The summed E-state index contributed by atoms with van der Waals surface area (Å²) in [5.74, 6) is 0. The first-order chi connectivity index (χ1) is 6.61. The smallest absolute Gasteiger partial charge is 0.287 e. The first-order valence-corrected chi connectivity index (χ1v) is 5.38. The third kappa shape index (κ3) is 1.27. The zero-order chi connectivity index (χ0) is 10.3. The van der Waals surface area contributed by atoms with Crippen LogP contribution in [0.1, 0.15) is 0 Å². The van der Waals surface area contributed by atoms with Gasteiger partial charge < -0.3 is 5.73 Å². The van der Waals surface area contributed by atoms with Gasteiger partial charge in [-0.25, -0.2) is 0 Å². The highest BCUT2D eigenvalue weighted by molar-refractivity contribution is 9.10. The molecule has 1 aromatic carbocycles. The second-order valence-electron chi connectivity index (χ2n) is 2.71. The van der Waals surface area contributed by atoms with E-state index in [0.717, 1.165) is 10.1 Å². The number of nitrogen functional groups attached to an aromatic ring is 1. The highest BCUT2D eigenvalue weighted by Gasteiger charge is 2.17. The predicted octanol–water partition coefficient (Wildman–Crippen LogP) is 3.15. The third-order valence-electron chi connectivity index (χ3n) is 1.91. The second-order valence-corrected chi connectivity index (χ2v) is 4.45. The van der Waals surface area contributed by atoms with E-state index in [9.17, 15) is 10.1 Å². The zero-order valence-electron chi connectivity index (χ0n) is 6.86. The first-order valence-electron chi connectivity index (χ1n) is 3.71. The quantitative estimate of drug-likeness (QED) is 0.493. The maximum Gasteiger partial charge on any atom is 0.287 e. The summed E-state index contributed by atoms with van der Waals surface area (Å²) >= 11 is 4.56. The molecule has 0 spiro atoms. The molecule has 0 bridgehead atoms. The molecule has 0 saturated heterocycles. The van der Waals surface area contributed by atoms with Crippen molar-refractivity contribution in [3.05, 3.63) is 32.1 Å². The Morgan fingerprint density at radius 3 is 2.93 bits per heavy atom. The number of hydrogen-bond acceptors (Lipinski definition) is 4. The Balaban J connectivity index is 2.87. The molecule has 1 aromatic heterocycles. The van der Waals surface area contributed by atoms with Crippen LogP contribution in [0, 0.1) is 10.1 Å². The lowest BCUT2D eigenvalue weighted by molar-refractivity contribution is -0.385. The summed E-state index contributed by atoms with van der Waals surface area (Å²) < 4.78 is 1.19. The van der Waals surface area contributed by atoms with Gasteiger partial charge in [0.1, 0.15) is 4.47 Å². The number of fused-ring (bicyclic) bond motifs is 1. The highest BCUT2D eigenvalue weighted by atomic mass is 79.9. The monoisotopic (exact) mass is 272 g/mol. The molecule has 0 atom stereocenters. The van der Waals surface area contributed by atoms with Gasteiger partial charge in [0.15, 0.2) is 0 Å². The van der Waals surface area contributed by atoms with E-state index >= 15 is 0 Å². The average Bonchev–Trinajstić information content (AvgIpc) is 2.58. The lowest BCUT2D eigenvalue weighted by Crippen LogP contribution is -1.94. The number of nitrogens with two attached hydrogens (primary N) is 1. The van der Waals surface area contributed by atoms with Crippen LogP contribution in [0.25, 0.3) is 10.1 Å². The van der Waals surface area contributed by atoms with E-state index in [1.54, 1.807) is 0 Å². The van der Waals surface area contributed by atoms with Crippen molar-refractivity contribution in [1.82, 2.24) is 0 Å². The van der Waals surface area contributed by atoms with Crippen molar-refractivity contribution in [2.24, 2.45) is 0 Å². The molecule has 0 unspecified atom stereocenters. The van der Waals surface area contributed by atoms with Crippen LogP contribution in [0.15, 0.2) is 22.0 Å². The van der Waals surface area contributed by atoms with Gasteiger partial charge in [0.25, 0.3) is 5.69 Å². The summed E-state index contributed by atoms with van der Waals surface area (Å²) in [5.41, 5.74) is 6.19. The minimum Gasteiger partial charge on any atom is -0.397 e. The molecule has 0 aliphatic rings. The van der Waals surface area contributed by atoms with Crippen LogP contribution in [-0.2, 0) is 0 Å². The maximum absolute atomic E-state index is 10.7. The Kier molecular flexibility index (Phi) is 2.16. The van der Waals surface area contributed by atoms with Crippen molar-refractivity contribution in [3.63, 3.8) is 0 Å². The van der Waals surface area contributed by atoms with Crippen LogP contribution in [0.2, 0.25) is 0 Å². The second kappa shape index (κ2) is 3.21. The van der Waals surface area contributed by atoms with Gasteiger partial charge in [-0.05, 0) is 27.4 Å². The minimum atomic E-state index is -0.445. The van der Waals surface area contributed by atoms with E-state index in [0.29, 0.717) is 10.2 Å². The van der Waals surface area contributed by atoms with E-state index in [1.807, 2.05) is 11.4 Å². The standard InChI is InChI=1S/C8H5BrN2O2S/c9-7-5(11(12)13)3-6-4(8(7)10)1-2-14-6/h1-3H,10H2. The zero-order valence-corrected chi connectivity index (χ0v) is 9.26. The number of anilines is 1. The van der Waals surface area contributed by atoms with E-state index in [1.165, 1.54) is 17.4 Å². The molecule has 0 radical (unpaired) electrons. The summed E-state index contributed by atoms with van der Waals surface area (Å²) in [6, 6.07) is 3.38. The number of thiophene rings is 1. The van der Waals surface area contributed by atoms with Gasteiger partial charge in [0, 0.05) is 16.2 Å². The Hall–Kier alpha value is -1.14. The highest BCUT2D eigenvalue weighted by Crippen LogP contribution is 2.38. The number of rotatable bonds is 1. The summed E-state index contributed by atoms with van der Waals surface area (Å²) in [7, 11) is 0. The van der Waals surface area contributed by atoms with Crippen molar-refractivity contribution in [2.45, 2.75) is 0 Å². The Labute approximate surface area is 91.6 Å². The molecule has 14 heavy (non-hydrogen) atoms. The van der Waals surface area contributed by atoms with Gasteiger partial charge in [-0.1, -0.05) is 0 Å². The molecule has 2 rings (SSSR count). The van der Waals surface area contributed by atoms with E-state index < -0.39 is 4.92 Å². The minimum absolute atomic E-state index is 0.0115. The SMILES string of the molecule is Nc1c(Br)c([N+](=O)[O-])cc2sccc12. The number of hydrogen-bond donors (Lipinski definition) is 1. The molecule has 0 aliphatic heterocycles. The van der Waals surface area contributed by atoms with Crippen molar-refractivity contribution in [3.8, 4) is 0 Å². The Morgan fingerprint density at radius 2 is 2.29 bits per heavy atom. The molecular weight excluding hydrogens is 268 g/mol.